The number of anilines is 1. The maximum Gasteiger partial charge on any atom is 0.335 e. The highest BCUT2D eigenvalue weighted by molar-refractivity contribution is 9.10. The number of thiophene rings is 1. The predicted molar refractivity (Wildman–Crippen MR) is 82.5 cm³/mol. The zero-order valence-electron chi connectivity index (χ0n) is 9.98. The summed E-state index contributed by atoms with van der Waals surface area (Å²) in [6.45, 7) is 2.00. The van der Waals surface area contributed by atoms with E-state index in [4.69, 9.17) is 16.7 Å². The second-order valence-electron chi connectivity index (χ2n) is 4.04. The minimum atomic E-state index is -0.948. The first-order valence-corrected chi connectivity index (χ1v) is 7.50. The molecular weight excluding hydrogens is 350 g/mol. The summed E-state index contributed by atoms with van der Waals surface area (Å²) in [5.74, 6) is -0.948. The Bertz CT molecular complexity index is 614. The van der Waals surface area contributed by atoms with Crippen LogP contribution >= 0.6 is 38.9 Å². The molecule has 100 valence electrons. The van der Waals surface area contributed by atoms with Crippen molar-refractivity contribution >= 4 is 50.5 Å². The maximum atomic E-state index is 11.0. The maximum absolute atomic E-state index is 11.0. The molecule has 1 aromatic carbocycles. The number of nitrogens with one attached hydrogen (secondary N) is 1. The van der Waals surface area contributed by atoms with E-state index in [9.17, 15) is 4.79 Å². The van der Waals surface area contributed by atoms with Crippen LogP contribution in [0.4, 0.5) is 5.69 Å². The molecule has 0 radical (unpaired) electrons. The molecule has 2 aromatic rings. The Labute approximate surface area is 128 Å². The van der Waals surface area contributed by atoms with Crippen LogP contribution in [0.5, 0.6) is 0 Å². The van der Waals surface area contributed by atoms with Crippen molar-refractivity contribution in [2.24, 2.45) is 0 Å². The van der Waals surface area contributed by atoms with E-state index in [1.165, 1.54) is 11.3 Å². The van der Waals surface area contributed by atoms with Crippen molar-refractivity contribution in [3.63, 3.8) is 0 Å². The topological polar surface area (TPSA) is 49.3 Å². The third-order valence-electron chi connectivity index (χ3n) is 2.55. The minimum Gasteiger partial charge on any atom is -0.478 e. The number of carboxylic acids is 1. The molecule has 2 N–H and O–H groups in total. The van der Waals surface area contributed by atoms with Gasteiger partial charge < -0.3 is 10.4 Å². The first-order chi connectivity index (χ1) is 8.95. The summed E-state index contributed by atoms with van der Waals surface area (Å²) in [5, 5.41) is 12.3. The lowest BCUT2D eigenvalue weighted by Gasteiger charge is -2.14. The van der Waals surface area contributed by atoms with Gasteiger partial charge in [0.15, 0.2) is 0 Å². The molecule has 1 aromatic heterocycles. The highest BCUT2D eigenvalue weighted by Gasteiger charge is 2.11. The number of carbonyl (C=O) groups is 1. The van der Waals surface area contributed by atoms with E-state index >= 15 is 0 Å². The van der Waals surface area contributed by atoms with Crippen LogP contribution in [-0.2, 0) is 0 Å². The van der Waals surface area contributed by atoms with E-state index in [-0.39, 0.29) is 11.6 Å². The lowest BCUT2D eigenvalue weighted by molar-refractivity contribution is 0.0697. The fourth-order valence-corrected chi connectivity index (χ4v) is 3.24. The first kappa shape index (κ1) is 14.4. The Balaban J connectivity index is 2.21. The standard InChI is InChI=1S/C13H11BrClNO2S/c1-7(11-2-3-12(15)19-11)16-10-5-8(13(17)18)4-9(14)6-10/h2-7,16H,1H3,(H,17,18). The van der Waals surface area contributed by atoms with Gasteiger partial charge in [0.25, 0.3) is 0 Å². The summed E-state index contributed by atoms with van der Waals surface area (Å²) < 4.78 is 1.47. The Kier molecular flexibility index (Phi) is 4.50. The molecule has 1 unspecified atom stereocenters. The van der Waals surface area contributed by atoms with Gasteiger partial charge in [-0.2, -0.15) is 0 Å². The fourth-order valence-electron chi connectivity index (χ4n) is 1.68. The number of rotatable bonds is 4. The predicted octanol–water partition coefficient (Wildman–Crippen LogP) is 5.04. The Hall–Kier alpha value is -1.04. The van der Waals surface area contributed by atoms with Gasteiger partial charge in [-0.05, 0) is 37.3 Å². The molecule has 0 spiro atoms. The van der Waals surface area contributed by atoms with Gasteiger partial charge >= 0.3 is 5.97 Å². The smallest absolute Gasteiger partial charge is 0.335 e. The lowest BCUT2D eigenvalue weighted by atomic mass is 10.2. The Morgan fingerprint density at radius 1 is 1.42 bits per heavy atom. The highest BCUT2D eigenvalue weighted by atomic mass is 79.9. The number of hydrogen-bond donors (Lipinski definition) is 2. The van der Waals surface area contributed by atoms with Crippen LogP contribution in [0.15, 0.2) is 34.8 Å². The number of halogens is 2. The largest absolute Gasteiger partial charge is 0.478 e. The molecule has 0 fully saturated rings. The molecule has 2 rings (SSSR count). The monoisotopic (exact) mass is 359 g/mol. The molecule has 0 saturated carbocycles. The van der Waals surface area contributed by atoms with E-state index in [0.29, 0.717) is 0 Å². The Morgan fingerprint density at radius 2 is 2.16 bits per heavy atom. The summed E-state index contributed by atoms with van der Waals surface area (Å²) in [4.78, 5) is 12.1. The molecule has 1 heterocycles. The van der Waals surface area contributed by atoms with Crippen molar-refractivity contribution in [2.75, 3.05) is 5.32 Å². The van der Waals surface area contributed by atoms with E-state index < -0.39 is 5.97 Å². The molecule has 3 nitrogen and oxygen atoms in total. The molecule has 0 amide bonds. The van der Waals surface area contributed by atoms with Crippen molar-refractivity contribution in [1.82, 2.24) is 0 Å². The van der Waals surface area contributed by atoms with Crippen molar-refractivity contribution in [3.05, 3.63) is 49.6 Å². The quantitative estimate of drug-likeness (QED) is 0.803. The SMILES string of the molecule is CC(Nc1cc(Br)cc(C(=O)O)c1)c1ccc(Cl)s1. The molecule has 0 bridgehead atoms. The van der Waals surface area contributed by atoms with E-state index in [1.54, 1.807) is 12.1 Å². The molecule has 1 atom stereocenters. The average molecular weight is 361 g/mol. The van der Waals surface area contributed by atoms with E-state index in [1.807, 2.05) is 25.1 Å². The second kappa shape index (κ2) is 5.94. The average Bonchev–Trinajstić information content (AvgIpc) is 2.75. The Morgan fingerprint density at radius 3 is 2.74 bits per heavy atom. The molecule has 0 saturated heterocycles. The van der Waals surface area contributed by atoms with Crippen molar-refractivity contribution < 1.29 is 9.90 Å². The molecule has 0 aliphatic heterocycles. The normalized spacial score (nSPS) is 12.2. The van der Waals surface area contributed by atoms with Crippen LogP contribution in [-0.4, -0.2) is 11.1 Å². The minimum absolute atomic E-state index is 0.0634. The number of hydrogen-bond acceptors (Lipinski definition) is 3. The van der Waals surface area contributed by atoms with Crippen LogP contribution in [0, 0.1) is 0 Å². The van der Waals surface area contributed by atoms with Crippen LogP contribution in [0.3, 0.4) is 0 Å². The first-order valence-electron chi connectivity index (χ1n) is 5.51. The van der Waals surface area contributed by atoms with Gasteiger partial charge in [0.1, 0.15) is 0 Å². The zero-order chi connectivity index (χ0) is 14.0. The third kappa shape index (κ3) is 3.72. The van der Waals surface area contributed by atoms with Crippen LogP contribution < -0.4 is 5.32 Å². The van der Waals surface area contributed by atoms with Crippen LogP contribution in [0.25, 0.3) is 0 Å². The van der Waals surface area contributed by atoms with Crippen molar-refractivity contribution in [3.8, 4) is 0 Å². The summed E-state index contributed by atoms with van der Waals surface area (Å²) in [6.07, 6.45) is 0. The molecule has 0 aliphatic rings. The summed E-state index contributed by atoms with van der Waals surface area (Å²) >= 11 is 10.7. The zero-order valence-corrected chi connectivity index (χ0v) is 13.1. The van der Waals surface area contributed by atoms with Crippen LogP contribution in [0.2, 0.25) is 4.34 Å². The van der Waals surface area contributed by atoms with Crippen LogP contribution in [0.1, 0.15) is 28.2 Å². The van der Waals surface area contributed by atoms with Gasteiger partial charge in [-0.1, -0.05) is 27.5 Å². The molecule has 19 heavy (non-hydrogen) atoms. The highest BCUT2D eigenvalue weighted by Crippen LogP contribution is 2.30. The molecule has 6 heteroatoms. The summed E-state index contributed by atoms with van der Waals surface area (Å²) in [7, 11) is 0. The van der Waals surface area contributed by atoms with Gasteiger partial charge in [-0.25, -0.2) is 4.79 Å². The van der Waals surface area contributed by atoms with Gasteiger partial charge in [-0.15, -0.1) is 11.3 Å². The summed E-state index contributed by atoms with van der Waals surface area (Å²) in [5.41, 5.74) is 0.997. The van der Waals surface area contributed by atoms with Crippen molar-refractivity contribution in [1.29, 1.82) is 0 Å². The van der Waals surface area contributed by atoms with Gasteiger partial charge in [-0.3, -0.25) is 0 Å². The van der Waals surface area contributed by atoms with Gasteiger partial charge in [0.2, 0.25) is 0 Å². The number of benzene rings is 1. The van der Waals surface area contributed by atoms with Gasteiger partial charge in [0, 0.05) is 15.0 Å². The summed E-state index contributed by atoms with van der Waals surface area (Å²) in [6, 6.07) is 8.90. The lowest BCUT2D eigenvalue weighted by Crippen LogP contribution is -2.06. The second-order valence-corrected chi connectivity index (χ2v) is 6.70. The number of aromatic carboxylic acids is 1. The van der Waals surface area contributed by atoms with E-state index in [2.05, 4.69) is 21.2 Å². The molecule has 0 aliphatic carbocycles. The third-order valence-corrected chi connectivity index (χ3v) is 4.42. The van der Waals surface area contributed by atoms with E-state index in [0.717, 1.165) is 19.4 Å². The van der Waals surface area contributed by atoms with Crippen molar-refractivity contribution in [2.45, 2.75) is 13.0 Å². The fraction of sp³-hybridized carbons (Fsp3) is 0.154. The molecular formula is C13H11BrClNO2S. The van der Waals surface area contributed by atoms with Gasteiger partial charge in [0.05, 0.1) is 15.9 Å². The number of carboxylic acid groups (broad SMARTS) is 1.